The highest BCUT2D eigenvalue weighted by Gasteiger charge is 2.30. The standard InChI is InChI=1S/C69H130O17P2/c1-8-10-11-12-13-14-15-16-17-18-21-24-27-38-45-52-68(73)85-64(56-79-66(71)50-43-36-31-29-34-41-48-61(5)6)58-83-87(75,76)81-54-63(70)55-82-88(77,78)84-59-65(57-80-67(72)51-44-37-32-30-35-42-49-62(7)9-2)86-69(74)53-46-39-28-25-22-19-20-23-26-33-40-47-60(3)4/h14-17,60-65,70H,8-13,18-59H2,1-7H3,(H,75,76)(H,77,78)/b15-14-,17-16-/t62?,63-,64-,65-/m1/s1. The Morgan fingerprint density at radius 2 is 0.670 bits per heavy atom. The summed E-state index contributed by atoms with van der Waals surface area (Å²) in [5.74, 6) is 0.00676. The normalized spacial score (nSPS) is 14.7. The van der Waals surface area contributed by atoms with Gasteiger partial charge in [-0.05, 0) is 69.1 Å². The zero-order valence-electron chi connectivity index (χ0n) is 56.7. The Labute approximate surface area is 535 Å². The molecular formula is C69H130O17P2. The van der Waals surface area contributed by atoms with E-state index in [1.807, 2.05) is 0 Å². The zero-order chi connectivity index (χ0) is 65.2. The number of aliphatic hydroxyl groups excluding tert-OH is 1. The van der Waals surface area contributed by atoms with E-state index in [4.69, 9.17) is 37.0 Å². The van der Waals surface area contributed by atoms with Crippen LogP contribution in [0.3, 0.4) is 0 Å². The summed E-state index contributed by atoms with van der Waals surface area (Å²) in [6.07, 6.45) is 45.4. The molecule has 3 unspecified atom stereocenters. The number of allylic oxidation sites excluding steroid dienone is 4. The third-order valence-corrected chi connectivity index (χ3v) is 17.5. The lowest BCUT2D eigenvalue weighted by Gasteiger charge is -2.21. The summed E-state index contributed by atoms with van der Waals surface area (Å²) in [7, 11) is -9.91. The molecule has 0 aromatic carbocycles. The van der Waals surface area contributed by atoms with Crippen molar-refractivity contribution in [1.29, 1.82) is 0 Å². The molecule has 518 valence electrons. The lowest BCUT2D eigenvalue weighted by atomic mass is 10.00. The van der Waals surface area contributed by atoms with Crippen LogP contribution in [0, 0.1) is 17.8 Å². The van der Waals surface area contributed by atoms with Crippen LogP contribution in [-0.4, -0.2) is 96.7 Å². The molecule has 0 aromatic heterocycles. The predicted octanol–water partition coefficient (Wildman–Crippen LogP) is 19.0. The number of phosphoric ester groups is 2. The summed E-state index contributed by atoms with van der Waals surface area (Å²) in [6, 6.07) is 0. The Kier molecular flexibility index (Phi) is 57.9. The summed E-state index contributed by atoms with van der Waals surface area (Å²) >= 11 is 0. The van der Waals surface area contributed by atoms with Crippen LogP contribution in [0.5, 0.6) is 0 Å². The molecule has 0 rings (SSSR count). The average molecular weight is 1290 g/mol. The minimum atomic E-state index is -4.96. The van der Waals surface area contributed by atoms with Crippen LogP contribution < -0.4 is 0 Å². The number of phosphoric acid groups is 2. The van der Waals surface area contributed by atoms with Crippen LogP contribution in [0.2, 0.25) is 0 Å². The molecule has 0 radical (unpaired) electrons. The van der Waals surface area contributed by atoms with Crippen molar-refractivity contribution >= 4 is 39.5 Å². The van der Waals surface area contributed by atoms with Crippen LogP contribution in [0.15, 0.2) is 24.3 Å². The van der Waals surface area contributed by atoms with Crippen molar-refractivity contribution in [3.8, 4) is 0 Å². The lowest BCUT2D eigenvalue weighted by molar-refractivity contribution is -0.161. The van der Waals surface area contributed by atoms with Gasteiger partial charge < -0.3 is 33.8 Å². The van der Waals surface area contributed by atoms with Gasteiger partial charge in [0, 0.05) is 25.7 Å². The van der Waals surface area contributed by atoms with Crippen molar-refractivity contribution in [2.24, 2.45) is 17.8 Å². The molecule has 0 saturated heterocycles. The number of rotatable bonds is 65. The fourth-order valence-corrected chi connectivity index (χ4v) is 11.4. The van der Waals surface area contributed by atoms with E-state index in [1.165, 1.54) is 103 Å². The quantitative estimate of drug-likeness (QED) is 0.0169. The van der Waals surface area contributed by atoms with Crippen molar-refractivity contribution in [1.82, 2.24) is 0 Å². The van der Waals surface area contributed by atoms with Gasteiger partial charge in [0.05, 0.1) is 26.4 Å². The van der Waals surface area contributed by atoms with E-state index in [-0.39, 0.29) is 25.7 Å². The van der Waals surface area contributed by atoms with Crippen molar-refractivity contribution in [3.63, 3.8) is 0 Å². The fourth-order valence-electron chi connectivity index (χ4n) is 9.79. The highest BCUT2D eigenvalue weighted by Crippen LogP contribution is 2.45. The van der Waals surface area contributed by atoms with E-state index >= 15 is 0 Å². The van der Waals surface area contributed by atoms with Crippen molar-refractivity contribution < 1.29 is 80.2 Å². The predicted molar refractivity (Wildman–Crippen MR) is 354 cm³/mol. The molecule has 0 fully saturated rings. The minimum Gasteiger partial charge on any atom is -0.462 e. The van der Waals surface area contributed by atoms with Crippen LogP contribution >= 0.6 is 15.6 Å². The van der Waals surface area contributed by atoms with Gasteiger partial charge in [-0.2, -0.15) is 0 Å². The summed E-state index contributed by atoms with van der Waals surface area (Å²) in [5, 5.41) is 10.6. The molecule has 0 saturated carbocycles. The first-order valence-corrected chi connectivity index (χ1v) is 38.2. The van der Waals surface area contributed by atoms with Gasteiger partial charge in [-0.3, -0.25) is 37.3 Å². The van der Waals surface area contributed by atoms with Gasteiger partial charge in [-0.15, -0.1) is 0 Å². The van der Waals surface area contributed by atoms with Gasteiger partial charge >= 0.3 is 39.5 Å². The van der Waals surface area contributed by atoms with Gasteiger partial charge in [0.25, 0.3) is 0 Å². The van der Waals surface area contributed by atoms with Crippen LogP contribution in [0.1, 0.15) is 318 Å². The zero-order valence-corrected chi connectivity index (χ0v) is 58.5. The second-order valence-electron chi connectivity index (χ2n) is 25.4. The second-order valence-corrected chi connectivity index (χ2v) is 28.3. The third-order valence-electron chi connectivity index (χ3n) is 15.6. The van der Waals surface area contributed by atoms with E-state index in [0.29, 0.717) is 31.6 Å². The Morgan fingerprint density at radius 3 is 1.01 bits per heavy atom. The summed E-state index contributed by atoms with van der Waals surface area (Å²) in [6.45, 7) is 11.6. The number of carbonyl (C=O) groups is 4. The second kappa shape index (κ2) is 59.5. The average Bonchev–Trinajstić information content (AvgIpc) is 3.48. The van der Waals surface area contributed by atoms with E-state index in [2.05, 4.69) is 72.8 Å². The number of hydrogen-bond acceptors (Lipinski definition) is 15. The largest absolute Gasteiger partial charge is 0.472 e. The molecule has 0 aliphatic rings. The molecule has 0 aliphatic carbocycles. The molecule has 17 nitrogen and oxygen atoms in total. The molecule has 0 amide bonds. The fraction of sp³-hybridized carbons (Fsp3) is 0.884. The Morgan fingerprint density at radius 1 is 0.375 bits per heavy atom. The first kappa shape index (κ1) is 85.5. The Hall–Kier alpha value is -2.46. The van der Waals surface area contributed by atoms with Crippen LogP contribution in [0.25, 0.3) is 0 Å². The molecule has 19 heteroatoms. The molecule has 0 aliphatic heterocycles. The first-order chi connectivity index (χ1) is 42.3. The monoisotopic (exact) mass is 1290 g/mol. The molecule has 0 heterocycles. The number of hydrogen-bond donors (Lipinski definition) is 3. The minimum absolute atomic E-state index is 0.0834. The number of unbranched alkanes of at least 4 members (excludes halogenated alkanes) is 29. The summed E-state index contributed by atoms with van der Waals surface area (Å²) in [4.78, 5) is 72.4. The lowest BCUT2D eigenvalue weighted by Crippen LogP contribution is -2.30. The molecular weight excluding hydrogens is 1160 g/mol. The number of aliphatic hydroxyl groups is 1. The molecule has 6 atom stereocenters. The maximum absolute atomic E-state index is 13.0. The Balaban J connectivity index is 5.28. The van der Waals surface area contributed by atoms with Crippen LogP contribution in [-0.2, 0) is 65.4 Å². The summed E-state index contributed by atoms with van der Waals surface area (Å²) < 4.78 is 68.1. The van der Waals surface area contributed by atoms with E-state index < -0.39 is 97.5 Å². The highest BCUT2D eigenvalue weighted by atomic mass is 31.2. The molecule has 0 bridgehead atoms. The van der Waals surface area contributed by atoms with Gasteiger partial charge in [0.2, 0.25) is 0 Å². The highest BCUT2D eigenvalue weighted by molar-refractivity contribution is 7.47. The molecule has 0 spiro atoms. The maximum atomic E-state index is 13.0. The smallest absolute Gasteiger partial charge is 0.462 e. The maximum Gasteiger partial charge on any atom is 0.472 e. The van der Waals surface area contributed by atoms with E-state index in [1.54, 1.807) is 0 Å². The number of esters is 4. The van der Waals surface area contributed by atoms with Gasteiger partial charge in [-0.1, -0.05) is 265 Å². The van der Waals surface area contributed by atoms with Crippen LogP contribution in [0.4, 0.5) is 0 Å². The molecule has 88 heavy (non-hydrogen) atoms. The van der Waals surface area contributed by atoms with E-state index in [0.717, 1.165) is 127 Å². The number of carbonyl (C=O) groups excluding carboxylic acids is 4. The third kappa shape index (κ3) is 61.1. The topological polar surface area (TPSA) is 237 Å². The van der Waals surface area contributed by atoms with Crippen molar-refractivity contribution in [2.75, 3.05) is 39.6 Å². The molecule has 3 N–H and O–H groups in total. The van der Waals surface area contributed by atoms with E-state index in [9.17, 15) is 43.2 Å². The van der Waals surface area contributed by atoms with Gasteiger partial charge in [0.15, 0.2) is 12.2 Å². The summed E-state index contributed by atoms with van der Waals surface area (Å²) in [5.41, 5.74) is 0. The van der Waals surface area contributed by atoms with Crippen molar-refractivity contribution in [3.05, 3.63) is 24.3 Å². The first-order valence-electron chi connectivity index (χ1n) is 35.2. The molecule has 0 aromatic rings. The van der Waals surface area contributed by atoms with Crippen molar-refractivity contribution in [2.45, 2.75) is 336 Å². The van der Waals surface area contributed by atoms with Gasteiger partial charge in [-0.25, -0.2) is 9.13 Å². The number of ether oxygens (including phenoxy) is 4. The Bertz CT molecular complexity index is 1830. The SMILES string of the molecule is CCCCCC/C=C\C=C/CCCCCCCC(=O)O[C@H](COC(=O)CCCCCCCCC(C)C)COP(=O)(O)OC[C@@H](O)COP(=O)(O)OC[C@@H](COC(=O)CCCCCCCCC(C)CC)OC(=O)CCCCCCCCCCCCCC(C)C. The van der Waals surface area contributed by atoms with Gasteiger partial charge in [0.1, 0.15) is 19.3 Å².